The van der Waals surface area contributed by atoms with Crippen LogP contribution >= 0.6 is 11.3 Å². The predicted molar refractivity (Wildman–Crippen MR) is 136 cm³/mol. The molecule has 0 atom stereocenters. The molecule has 0 saturated carbocycles. The number of hydrogen-bond donors (Lipinski definition) is 1. The molecule has 0 aliphatic carbocycles. The van der Waals surface area contributed by atoms with Crippen molar-refractivity contribution in [2.24, 2.45) is 0 Å². The summed E-state index contributed by atoms with van der Waals surface area (Å²) < 4.78 is 7.34. The van der Waals surface area contributed by atoms with E-state index in [0.717, 1.165) is 50.2 Å². The van der Waals surface area contributed by atoms with Crippen LogP contribution < -0.4 is 10.1 Å². The number of ether oxygens (including phenoxy) is 1. The highest BCUT2D eigenvalue weighted by atomic mass is 32.1. The number of carbonyl (C=O) groups is 1. The summed E-state index contributed by atoms with van der Waals surface area (Å²) in [5.41, 5.74) is 6.75. The Bertz CT molecular complexity index is 1300. The second-order valence-electron chi connectivity index (χ2n) is 7.92. The molecule has 0 aliphatic rings. The largest absolute Gasteiger partial charge is 0.497 e. The smallest absolute Gasteiger partial charge is 0.256 e. The molecule has 4 aromatic rings. The van der Waals surface area contributed by atoms with Crippen molar-refractivity contribution in [3.8, 4) is 27.6 Å². The number of aromatic nitrogens is 2. The zero-order chi connectivity index (χ0) is 23.5. The van der Waals surface area contributed by atoms with Crippen molar-refractivity contribution in [2.45, 2.75) is 27.3 Å². The number of amides is 1. The Labute approximate surface area is 198 Å². The van der Waals surface area contributed by atoms with E-state index in [2.05, 4.69) is 30.3 Å². The minimum absolute atomic E-state index is 0.147. The number of anilines is 1. The van der Waals surface area contributed by atoms with Gasteiger partial charge in [-0.05, 0) is 62.7 Å². The third-order valence-electron chi connectivity index (χ3n) is 5.79. The summed E-state index contributed by atoms with van der Waals surface area (Å²) in [7, 11) is 1.65. The average Bonchev–Trinajstić information content (AvgIpc) is 3.39. The summed E-state index contributed by atoms with van der Waals surface area (Å²) in [6.45, 7) is 10.6. The van der Waals surface area contributed by atoms with Gasteiger partial charge in [0, 0.05) is 28.7 Å². The molecule has 5 nitrogen and oxygen atoms in total. The van der Waals surface area contributed by atoms with Crippen LogP contribution in [0.3, 0.4) is 0 Å². The van der Waals surface area contributed by atoms with Crippen LogP contribution in [0.1, 0.15) is 27.2 Å². The number of carbonyl (C=O) groups excluding carboxylic acids is 1. The van der Waals surface area contributed by atoms with Crippen LogP contribution in [0.15, 0.2) is 66.6 Å². The standard InChI is InChI=1S/C27H27N3O2S/c1-6-15-30-19(4)18(3)24(25(30)29-26(31)21-9-7-17(2)8-10-21)27-28-23(16-33-27)20-11-13-22(32-5)14-12-20/h6-14,16H,1,15H2,2-5H3,(H,29,31). The highest BCUT2D eigenvalue weighted by molar-refractivity contribution is 7.13. The molecule has 2 aromatic heterocycles. The lowest BCUT2D eigenvalue weighted by Crippen LogP contribution is -2.16. The summed E-state index contributed by atoms with van der Waals surface area (Å²) in [5, 5.41) is 6.06. The van der Waals surface area contributed by atoms with Gasteiger partial charge < -0.3 is 14.6 Å². The van der Waals surface area contributed by atoms with Crippen molar-refractivity contribution in [1.29, 1.82) is 0 Å². The van der Waals surface area contributed by atoms with Crippen LogP contribution in [0.2, 0.25) is 0 Å². The summed E-state index contributed by atoms with van der Waals surface area (Å²) in [6.07, 6.45) is 1.84. The second-order valence-corrected chi connectivity index (χ2v) is 8.78. The summed E-state index contributed by atoms with van der Waals surface area (Å²) in [5.74, 6) is 1.40. The lowest BCUT2D eigenvalue weighted by Gasteiger charge is -2.12. The van der Waals surface area contributed by atoms with E-state index >= 15 is 0 Å². The zero-order valence-electron chi connectivity index (χ0n) is 19.3. The summed E-state index contributed by atoms with van der Waals surface area (Å²) >= 11 is 1.57. The lowest BCUT2D eigenvalue weighted by molar-refractivity contribution is 0.102. The Morgan fingerprint density at radius 2 is 1.82 bits per heavy atom. The molecule has 0 fully saturated rings. The first-order chi connectivity index (χ1) is 15.9. The first kappa shape index (κ1) is 22.6. The normalized spacial score (nSPS) is 10.8. The van der Waals surface area contributed by atoms with Crippen molar-refractivity contribution in [1.82, 2.24) is 9.55 Å². The third-order valence-corrected chi connectivity index (χ3v) is 6.65. The lowest BCUT2D eigenvalue weighted by atomic mass is 10.1. The molecule has 1 amide bonds. The quantitative estimate of drug-likeness (QED) is 0.316. The molecular formula is C27H27N3O2S. The van der Waals surface area contributed by atoms with Crippen LogP contribution in [-0.4, -0.2) is 22.6 Å². The number of nitrogens with one attached hydrogen (secondary N) is 1. The van der Waals surface area contributed by atoms with Crippen molar-refractivity contribution in [3.05, 3.63) is 89.0 Å². The SMILES string of the molecule is C=CCn1c(C)c(C)c(-c2nc(-c3ccc(OC)cc3)cs2)c1NC(=O)c1ccc(C)cc1. The van der Waals surface area contributed by atoms with Gasteiger partial charge in [0.2, 0.25) is 0 Å². The van der Waals surface area contributed by atoms with Crippen LogP contribution in [-0.2, 0) is 6.54 Å². The van der Waals surface area contributed by atoms with E-state index in [1.165, 1.54) is 0 Å². The average molecular weight is 458 g/mol. The Morgan fingerprint density at radius 3 is 2.45 bits per heavy atom. The number of methoxy groups -OCH3 is 1. The van der Waals surface area contributed by atoms with E-state index in [0.29, 0.717) is 12.1 Å². The second kappa shape index (κ2) is 9.46. The first-order valence-corrected chi connectivity index (χ1v) is 11.6. The molecule has 168 valence electrons. The first-order valence-electron chi connectivity index (χ1n) is 10.7. The molecule has 0 radical (unpaired) electrons. The zero-order valence-corrected chi connectivity index (χ0v) is 20.1. The van der Waals surface area contributed by atoms with Crippen LogP contribution in [0.4, 0.5) is 5.82 Å². The molecule has 0 bridgehead atoms. The highest BCUT2D eigenvalue weighted by Gasteiger charge is 2.23. The molecule has 2 aromatic carbocycles. The molecule has 2 heterocycles. The molecule has 0 unspecified atom stereocenters. The van der Waals surface area contributed by atoms with Crippen LogP contribution in [0.5, 0.6) is 5.75 Å². The number of rotatable bonds is 7. The Balaban J connectivity index is 1.75. The number of hydrogen-bond acceptors (Lipinski definition) is 4. The predicted octanol–water partition coefficient (Wildman–Crippen LogP) is 6.65. The number of allylic oxidation sites excluding steroid dienone is 1. The Hall–Kier alpha value is -3.64. The summed E-state index contributed by atoms with van der Waals surface area (Å²) in [6, 6.07) is 15.4. The minimum Gasteiger partial charge on any atom is -0.497 e. The molecule has 33 heavy (non-hydrogen) atoms. The van der Waals surface area contributed by atoms with Crippen LogP contribution in [0, 0.1) is 20.8 Å². The van der Waals surface area contributed by atoms with Crippen LogP contribution in [0.25, 0.3) is 21.8 Å². The molecule has 0 aliphatic heterocycles. The Kier molecular flexibility index (Phi) is 6.47. The molecule has 0 saturated heterocycles. The maximum absolute atomic E-state index is 13.1. The van der Waals surface area contributed by atoms with Crippen molar-refractivity contribution in [2.75, 3.05) is 12.4 Å². The van der Waals surface area contributed by atoms with Gasteiger partial charge in [-0.1, -0.05) is 23.8 Å². The van der Waals surface area contributed by atoms with Crippen molar-refractivity contribution >= 4 is 23.1 Å². The van der Waals surface area contributed by atoms with Gasteiger partial charge in [0.25, 0.3) is 5.91 Å². The topological polar surface area (TPSA) is 56.1 Å². The van der Waals surface area contributed by atoms with E-state index in [9.17, 15) is 4.79 Å². The number of thiazole rings is 1. The molecule has 0 spiro atoms. The number of aryl methyl sites for hydroxylation is 1. The van der Waals surface area contributed by atoms with E-state index in [-0.39, 0.29) is 5.91 Å². The van der Waals surface area contributed by atoms with Gasteiger partial charge in [-0.3, -0.25) is 4.79 Å². The fourth-order valence-electron chi connectivity index (χ4n) is 3.78. The van der Waals surface area contributed by atoms with Gasteiger partial charge in [-0.25, -0.2) is 4.98 Å². The van der Waals surface area contributed by atoms with Gasteiger partial charge in [-0.2, -0.15) is 0 Å². The van der Waals surface area contributed by atoms with E-state index in [1.54, 1.807) is 18.4 Å². The van der Waals surface area contributed by atoms with Gasteiger partial charge in [-0.15, -0.1) is 17.9 Å². The van der Waals surface area contributed by atoms with Gasteiger partial charge in [0.05, 0.1) is 18.4 Å². The molecule has 4 rings (SSSR count). The number of nitrogens with zero attached hydrogens (tertiary/aromatic N) is 2. The minimum atomic E-state index is -0.147. The van der Waals surface area contributed by atoms with Gasteiger partial charge in [0.15, 0.2) is 0 Å². The Morgan fingerprint density at radius 1 is 1.12 bits per heavy atom. The fourth-order valence-corrected chi connectivity index (χ4v) is 4.71. The molecular weight excluding hydrogens is 430 g/mol. The van der Waals surface area contributed by atoms with Crippen molar-refractivity contribution in [3.63, 3.8) is 0 Å². The number of benzene rings is 2. The summed E-state index contributed by atoms with van der Waals surface area (Å²) in [4.78, 5) is 18.0. The fraction of sp³-hybridized carbons (Fsp3) is 0.185. The van der Waals surface area contributed by atoms with E-state index in [1.807, 2.05) is 66.9 Å². The van der Waals surface area contributed by atoms with Gasteiger partial charge in [0.1, 0.15) is 16.6 Å². The highest BCUT2D eigenvalue weighted by Crippen LogP contribution is 2.39. The molecule has 1 N–H and O–H groups in total. The van der Waals surface area contributed by atoms with Gasteiger partial charge >= 0.3 is 0 Å². The maximum Gasteiger partial charge on any atom is 0.256 e. The van der Waals surface area contributed by atoms with Crippen molar-refractivity contribution < 1.29 is 9.53 Å². The maximum atomic E-state index is 13.1. The molecule has 6 heteroatoms. The third kappa shape index (κ3) is 4.47. The van der Waals surface area contributed by atoms with E-state index in [4.69, 9.17) is 9.72 Å². The monoisotopic (exact) mass is 457 g/mol. The van der Waals surface area contributed by atoms with E-state index < -0.39 is 0 Å².